The standard InChI is InChI=1S/C28H30N2OSi/c29-22-24-12-10-11-13-25(21-20-24)23-30-31-32(26-14-4-1-5-15-26,27-16-6-2-7-17-27)28-18-8-3-9-19-28/h1-9,14-19,23-25H,10-13,20-21H2/b30-23+. The zero-order chi connectivity index (χ0) is 22.1. The Morgan fingerprint density at radius 1 is 0.719 bits per heavy atom. The van der Waals surface area contributed by atoms with E-state index in [0.717, 1.165) is 38.5 Å². The molecule has 3 aromatic carbocycles. The van der Waals surface area contributed by atoms with Crippen LogP contribution in [0.15, 0.2) is 96.2 Å². The van der Waals surface area contributed by atoms with Crippen LogP contribution in [0, 0.1) is 23.2 Å². The highest BCUT2D eigenvalue weighted by Gasteiger charge is 2.44. The van der Waals surface area contributed by atoms with E-state index in [1.165, 1.54) is 15.6 Å². The highest BCUT2D eigenvalue weighted by Crippen LogP contribution is 2.25. The lowest BCUT2D eigenvalue weighted by atomic mass is 9.87. The number of hydrogen-bond acceptors (Lipinski definition) is 3. The predicted octanol–water partition coefficient (Wildman–Crippen LogP) is 4.77. The molecule has 0 aliphatic heterocycles. The molecule has 0 radical (unpaired) electrons. The summed E-state index contributed by atoms with van der Waals surface area (Å²) in [5.41, 5.74) is 0. The predicted molar refractivity (Wildman–Crippen MR) is 134 cm³/mol. The number of oxime groups is 1. The van der Waals surface area contributed by atoms with Gasteiger partial charge in [0.25, 0.3) is 0 Å². The third-order valence-electron chi connectivity index (χ3n) is 6.45. The van der Waals surface area contributed by atoms with Crippen LogP contribution in [0.2, 0.25) is 0 Å². The largest absolute Gasteiger partial charge is 0.438 e. The second kappa shape index (κ2) is 10.9. The van der Waals surface area contributed by atoms with Gasteiger partial charge in [-0.15, -0.1) is 5.16 Å². The highest BCUT2D eigenvalue weighted by molar-refractivity contribution is 7.07. The molecule has 0 heterocycles. The topological polar surface area (TPSA) is 45.4 Å². The Morgan fingerprint density at radius 2 is 1.22 bits per heavy atom. The molecule has 3 nitrogen and oxygen atoms in total. The van der Waals surface area contributed by atoms with Crippen LogP contribution in [-0.2, 0) is 4.53 Å². The summed E-state index contributed by atoms with van der Waals surface area (Å²) in [5.74, 6) is 0.540. The summed E-state index contributed by atoms with van der Waals surface area (Å²) in [6.45, 7) is 0. The number of rotatable bonds is 6. The minimum Gasteiger partial charge on any atom is -0.438 e. The molecule has 162 valence electrons. The highest BCUT2D eigenvalue weighted by atomic mass is 28.4. The fourth-order valence-corrected chi connectivity index (χ4v) is 8.17. The first kappa shape index (κ1) is 22.0. The maximum absolute atomic E-state index is 9.35. The van der Waals surface area contributed by atoms with E-state index in [2.05, 4.69) is 84.0 Å². The Labute approximate surface area is 192 Å². The van der Waals surface area contributed by atoms with Crippen molar-refractivity contribution in [3.8, 4) is 6.07 Å². The first-order chi connectivity index (χ1) is 15.8. The van der Waals surface area contributed by atoms with Crippen LogP contribution in [0.3, 0.4) is 0 Å². The molecule has 32 heavy (non-hydrogen) atoms. The molecular weight excluding hydrogens is 408 g/mol. The Hall–Kier alpha value is -3.16. The van der Waals surface area contributed by atoms with Gasteiger partial charge < -0.3 is 4.53 Å². The summed E-state index contributed by atoms with van der Waals surface area (Å²) in [4.78, 5) is 0. The van der Waals surface area contributed by atoms with Gasteiger partial charge in [0.05, 0.1) is 6.07 Å². The van der Waals surface area contributed by atoms with Crippen molar-refractivity contribution in [1.29, 1.82) is 5.26 Å². The van der Waals surface area contributed by atoms with Crippen molar-refractivity contribution < 1.29 is 4.53 Å². The first-order valence-electron chi connectivity index (χ1n) is 11.6. The van der Waals surface area contributed by atoms with Gasteiger partial charge in [-0.1, -0.05) is 104 Å². The van der Waals surface area contributed by atoms with E-state index in [-0.39, 0.29) is 5.92 Å². The fourth-order valence-electron chi connectivity index (χ4n) is 4.65. The Kier molecular flexibility index (Phi) is 7.53. The lowest BCUT2D eigenvalue weighted by molar-refractivity contribution is 0.341. The number of nitriles is 1. The number of hydrogen-bond donors (Lipinski definition) is 0. The molecule has 4 heteroatoms. The molecule has 1 fully saturated rings. The Bertz CT molecular complexity index is 935. The van der Waals surface area contributed by atoms with E-state index in [4.69, 9.17) is 4.53 Å². The second-order valence-corrected chi connectivity index (χ2v) is 11.8. The average molecular weight is 439 g/mol. The van der Waals surface area contributed by atoms with Crippen LogP contribution in [0.4, 0.5) is 0 Å². The van der Waals surface area contributed by atoms with Crippen molar-refractivity contribution in [2.24, 2.45) is 17.0 Å². The Morgan fingerprint density at radius 3 is 1.72 bits per heavy atom. The van der Waals surface area contributed by atoms with Crippen LogP contribution in [0.25, 0.3) is 0 Å². The lowest BCUT2D eigenvalue weighted by Gasteiger charge is -2.30. The first-order valence-corrected chi connectivity index (χ1v) is 13.5. The molecule has 2 atom stereocenters. The molecule has 3 aromatic rings. The van der Waals surface area contributed by atoms with Gasteiger partial charge in [0.2, 0.25) is 0 Å². The van der Waals surface area contributed by atoms with E-state index in [1.807, 2.05) is 24.4 Å². The molecule has 4 rings (SSSR count). The maximum atomic E-state index is 9.35. The zero-order valence-corrected chi connectivity index (χ0v) is 19.4. The Balaban J connectivity index is 1.70. The van der Waals surface area contributed by atoms with Gasteiger partial charge in [-0.05, 0) is 47.2 Å². The molecule has 0 amide bonds. The molecule has 0 saturated heterocycles. The van der Waals surface area contributed by atoms with Crippen LogP contribution in [-0.4, -0.2) is 14.5 Å². The van der Waals surface area contributed by atoms with Crippen LogP contribution in [0.1, 0.15) is 38.5 Å². The quantitative estimate of drug-likeness (QED) is 0.241. The monoisotopic (exact) mass is 438 g/mol. The average Bonchev–Trinajstić information content (AvgIpc) is 2.85. The summed E-state index contributed by atoms with van der Waals surface area (Å²) in [5, 5.41) is 17.6. The van der Waals surface area contributed by atoms with Gasteiger partial charge >= 0.3 is 8.32 Å². The number of benzene rings is 3. The lowest BCUT2D eigenvalue weighted by Crippen LogP contribution is -2.68. The van der Waals surface area contributed by atoms with E-state index in [0.29, 0.717) is 5.92 Å². The van der Waals surface area contributed by atoms with Crippen LogP contribution < -0.4 is 15.6 Å². The SMILES string of the molecule is N#CC1CCCCC(/C=N/O[Si](c2ccccc2)(c2ccccc2)c2ccccc2)CC1. The van der Waals surface area contributed by atoms with Gasteiger partial charge in [-0.2, -0.15) is 5.26 Å². The van der Waals surface area contributed by atoms with Crippen molar-refractivity contribution in [3.05, 3.63) is 91.0 Å². The normalized spacial score (nSPS) is 19.6. The van der Waals surface area contributed by atoms with Gasteiger partial charge in [0, 0.05) is 12.1 Å². The minimum absolute atomic E-state index is 0.179. The van der Waals surface area contributed by atoms with E-state index < -0.39 is 8.32 Å². The smallest absolute Gasteiger partial charge is 0.380 e. The summed E-state index contributed by atoms with van der Waals surface area (Å²) in [6.07, 6.45) is 8.38. The summed E-state index contributed by atoms with van der Waals surface area (Å²) >= 11 is 0. The van der Waals surface area contributed by atoms with Crippen molar-refractivity contribution in [1.82, 2.24) is 0 Å². The summed E-state index contributed by atoms with van der Waals surface area (Å²) < 4.78 is 6.66. The minimum atomic E-state index is -2.80. The molecule has 1 saturated carbocycles. The molecular formula is C28H30N2OSi. The van der Waals surface area contributed by atoms with Crippen molar-refractivity contribution in [2.45, 2.75) is 38.5 Å². The van der Waals surface area contributed by atoms with Crippen LogP contribution >= 0.6 is 0 Å². The molecule has 0 N–H and O–H groups in total. The third kappa shape index (κ3) is 5.00. The summed E-state index contributed by atoms with van der Waals surface area (Å²) in [6, 6.07) is 34.0. The van der Waals surface area contributed by atoms with Gasteiger partial charge in [-0.3, -0.25) is 0 Å². The van der Waals surface area contributed by atoms with Gasteiger partial charge in [0.1, 0.15) is 0 Å². The van der Waals surface area contributed by atoms with Gasteiger partial charge in [-0.25, -0.2) is 0 Å². The molecule has 0 bridgehead atoms. The van der Waals surface area contributed by atoms with Crippen LogP contribution in [0.5, 0.6) is 0 Å². The van der Waals surface area contributed by atoms with E-state index in [1.54, 1.807) is 0 Å². The molecule has 0 aromatic heterocycles. The maximum Gasteiger partial charge on any atom is 0.380 e. The van der Waals surface area contributed by atoms with E-state index >= 15 is 0 Å². The molecule has 2 unspecified atom stereocenters. The summed E-state index contributed by atoms with van der Waals surface area (Å²) in [7, 11) is -2.80. The number of nitrogens with zero attached hydrogens (tertiary/aromatic N) is 2. The molecule has 1 aliphatic rings. The van der Waals surface area contributed by atoms with Crippen molar-refractivity contribution in [2.75, 3.05) is 0 Å². The second-order valence-electron chi connectivity index (χ2n) is 8.57. The van der Waals surface area contributed by atoms with Crippen molar-refractivity contribution in [3.63, 3.8) is 0 Å². The van der Waals surface area contributed by atoms with Crippen molar-refractivity contribution >= 4 is 30.1 Å². The molecule has 0 spiro atoms. The van der Waals surface area contributed by atoms with E-state index in [9.17, 15) is 5.26 Å². The van der Waals surface area contributed by atoms with Gasteiger partial charge in [0.15, 0.2) is 0 Å². The fraction of sp³-hybridized carbons (Fsp3) is 0.286. The molecule has 1 aliphatic carbocycles. The third-order valence-corrected chi connectivity index (χ3v) is 10.3. The zero-order valence-electron chi connectivity index (χ0n) is 18.4.